The van der Waals surface area contributed by atoms with E-state index in [9.17, 15) is 0 Å². The van der Waals surface area contributed by atoms with E-state index < -0.39 is 0 Å². The molecular formula is C64H55N5O8. The van der Waals surface area contributed by atoms with Crippen LogP contribution in [0.1, 0.15) is 6.42 Å². The lowest BCUT2D eigenvalue weighted by Crippen LogP contribution is -2.09. The maximum absolute atomic E-state index is 6.03. The van der Waals surface area contributed by atoms with Gasteiger partial charge in [-0.05, 0) is 133 Å². The quantitative estimate of drug-likeness (QED) is 0.0289. The van der Waals surface area contributed by atoms with Crippen molar-refractivity contribution in [3.8, 4) is 91.3 Å². The molecule has 384 valence electrons. The SMILES string of the molecule is C=CCOc1ccc(OCCOc2ccc(-c3ccc4ccc5ccc(-c6ccc(OCCOc7ccc(OCCCOc8ccc(-c9cccc(-c%10ccc(OCC=C)nc%10)n9)cn8)cc7)cc6)nc5c4n3)cc2)cc1. The molecule has 0 N–H and O–H groups in total. The van der Waals surface area contributed by atoms with Crippen molar-refractivity contribution in [1.29, 1.82) is 0 Å². The molecule has 0 unspecified atom stereocenters. The molecule has 0 saturated heterocycles. The largest absolute Gasteiger partial charge is 0.493 e. The Morgan fingerprint density at radius 3 is 1.09 bits per heavy atom. The minimum Gasteiger partial charge on any atom is -0.493 e. The first kappa shape index (κ1) is 50.8. The minimum atomic E-state index is 0.377. The Morgan fingerprint density at radius 1 is 0.312 bits per heavy atom. The normalized spacial score (nSPS) is 10.9. The fourth-order valence-corrected chi connectivity index (χ4v) is 8.15. The van der Waals surface area contributed by atoms with E-state index in [0.29, 0.717) is 71.0 Å². The third-order valence-electron chi connectivity index (χ3n) is 12.0. The van der Waals surface area contributed by atoms with Crippen molar-refractivity contribution in [2.24, 2.45) is 0 Å². The van der Waals surface area contributed by atoms with E-state index in [4.69, 9.17) is 52.8 Å². The van der Waals surface area contributed by atoms with Crippen LogP contribution < -0.4 is 37.9 Å². The molecule has 13 nitrogen and oxygen atoms in total. The van der Waals surface area contributed by atoms with Crippen LogP contribution in [0.2, 0.25) is 0 Å². The van der Waals surface area contributed by atoms with Crippen molar-refractivity contribution >= 4 is 21.8 Å². The second-order valence-corrected chi connectivity index (χ2v) is 17.4. The van der Waals surface area contributed by atoms with Gasteiger partial charge in [0.2, 0.25) is 11.8 Å². The molecule has 0 bridgehead atoms. The van der Waals surface area contributed by atoms with Gasteiger partial charge in [-0.15, -0.1) is 0 Å². The van der Waals surface area contributed by atoms with Gasteiger partial charge in [-0.25, -0.2) is 24.9 Å². The molecule has 5 aromatic carbocycles. The van der Waals surface area contributed by atoms with Gasteiger partial charge in [-0.2, -0.15) is 0 Å². The van der Waals surface area contributed by atoms with Crippen molar-refractivity contribution < 1.29 is 37.9 Å². The summed E-state index contributed by atoms with van der Waals surface area (Å²) >= 11 is 0. The van der Waals surface area contributed by atoms with Gasteiger partial charge >= 0.3 is 0 Å². The summed E-state index contributed by atoms with van der Waals surface area (Å²) in [6.07, 6.45) is 7.59. The Labute approximate surface area is 447 Å². The summed E-state index contributed by atoms with van der Waals surface area (Å²) in [5.41, 5.74) is 8.69. The highest BCUT2D eigenvalue weighted by atomic mass is 16.5. The maximum Gasteiger partial charge on any atom is 0.213 e. The van der Waals surface area contributed by atoms with E-state index in [0.717, 1.165) is 101 Å². The van der Waals surface area contributed by atoms with Gasteiger partial charge in [0.15, 0.2) is 0 Å². The van der Waals surface area contributed by atoms with Crippen molar-refractivity contribution in [3.05, 3.63) is 214 Å². The van der Waals surface area contributed by atoms with E-state index in [1.165, 1.54) is 0 Å². The van der Waals surface area contributed by atoms with Crippen LogP contribution in [0.15, 0.2) is 214 Å². The zero-order chi connectivity index (χ0) is 52.4. The number of benzene rings is 5. The Hall–Kier alpha value is -9.75. The summed E-state index contributed by atoms with van der Waals surface area (Å²) in [7, 11) is 0. The van der Waals surface area contributed by atoms with Crippen LogP contribution in [0.4, 0.5) is 0 Å². The zero-order valence-electron chi connectivity index (χ0n) is 42.3. The highest BCUT2D eigenvalue weighted by Gasteiger charge is 2.11. The molecule has 77 heavy (non-hydrogen) atoms. The molecule has 13 heteroatoms. The maximum atomic E-state index is 6.03. The van der Waals surface area contributed by atoms with E-state index >= 15 is 0 Å². The van der Waals surface area contributed by atoms with E-state index in [1.807, 2.05) is 152 Å². The molecule has 0 amide bonds. The van der Waals surface area contributed by atoms with Gasteiger partial charge < -0.3 is 37.9 Å². The van der Waals surface area contributed by atoms with Crippen molar-refractivity contribution in [2.45, 2.75) is 6.42 Å². The van der Waals surface area contributed by atoms with Gasteiger partial charge in [0.1, 0.15) is 74.1 Å². The molecule has 0 fully saturated rings. The fraction of sp³-hybridized carbons (Fsp3) is 0.141. The first-order valence-electron chi connectivity index (χ1n) is 25.3. The predicted octanol–water partition coefficient (Wildman–Crippen LogP) is 13.5. The monoisotopic (exact) mass is 1020 g/mol. The minimum absolute atomic E-state index is 0.377. The molecule has 5 heterocycles. The van der Waals surface area contributed by atoms with Crippen LogP contribution in [-0.2, 0) is 0 Å². The number of rotatable bonds is 26. The fourth-order valence-electron chi connectivity index (χ4n) is 8.15. The number of hydrogen-bond acceptors (Lipinski definition) is 13. The number of fused-ring (bicyclic) bond motifs is 3. The summed E-state index contributed by atoms with van der Waals surface area (Å²) in [4.78, 5) is 23.9. The molecule has 0 saturated carbocycles. The highest BCUT2D eigenvalue weighted by Crippen LogP contribution is 2.31. The molecule has 0 spiro atoms. The molecule has 0 aliphatic carbocycles. The van der Waals surface area contributed by atoms with Crippen LogP contribution in [0.5, 0.6) is 46.3 Å². The number of nitrogens with zero attached hydrogens (tertiary/aromatic N) is 5. The topological polar surface area (TPSA) is 138 Å². The average molecular weight is 1020 g/mol. The van der Waals surface area contributed by atoms with Crippen LogP contribution in [0.3, 0.4) is 0 Å². The molecule has 10 aromatic rings. The standard InChI is InChI=1S/C64H55N5O8/c1-3-35-70-53-23-27-55(28-24-53)74-41-39-72-51-19-11-45(12-20-51)59-31-15-47-9-10-48-16-32-60(69-64(48)63(47)68-59)46-13-21-52(22-14-46)73-40-42-75-56-29-25-54(26-30-56)71-37-6-38-77-62-34-18-50(44-66-62)58-8-5-7-57(67-58)49-17-33-61(65-43-49)76-36-4-2/h3-5,7-34,43-44H,1-2,6,35-42H2. The molecule has 5 aromatic heterocycles. The van der Waals surface area contributed by atoms with Crippen LogP contribution in [-0.4, -0.2) is 77.8 Å². The van der Waals surface area contributed by atoms with E-state index in [2.05, 4.69) is 47.4 Å². The molecule has 0 aliphatic heterocycles. The van der Waals surface area contributed by atoms with Crippen LogP contribution in [0, 0.1) is 0 Å². The zero-order valence-corrected chi connectivity index (χ0v) is 42.3. The second kappa shape index (κ2) is 25.5. The highest BCUT2D eigenvalue weighted by molar-refractivity contribution is 6.04. The molecule has 0 radical (unpaired) electrons. The van der Waals surface area contributed by atoms with E-state index in [-0.39, 0.29) is 0 Å². The number of pyridine rings is 5. The summed E-state index contributed by atoms with van der Waals surface area (Å²) < 4.78 is 46.6. The van der Waals surface area contributed by atoms with Gasteiger partial charge in [-0.3, -0.25) is 0 Å². The summed E-state index contributed by atoms with van der Waals surface area (Å²) in [5.74, 6) is 5.55. The smallest absolute Gasteiger partial charge is 0.213 e. The van der Waals surface area contributed by atoms with Gasteiger partial charge in [0, 0.05) is 64.0 Å². The molecule has 10 rings (SSSR count). The van der Waals surface area contributed by atoms with Gasteiger partial charge in [0.05, 0.1) is 47.0 Å². The Bertz CT molecular complexity index is 3520. The lowest BCUT2D eigenvalue weighted by molar-refractivity contribution is 0.216. The third kappa shape index (κ3) is 13.7. The average Bonchev–Trinajstić information content (AvgIpc) is 3.51. The summed E-state index contributed by atoms with van der Waals surface area (Å²) in [6.45, 7) is 10.7. The molecule has 0 aliphatic rings. The van der Waals surface area contributed by atoms with Crippen LogP contribution >= 0.6 is 0 Å². The van der Waals surface area contributed by atoms with Crippen molar-refractivity contribution in [2.75, 3.05) is 52.9 Å². The number of ether oxygens (including phenoxy) is 8. The van der Waals surface area contributed by atoms with Gasteiger partial charge in [0.25, 0.3) is 0 Å². The predicted molar refractivity (Wildman–Crippen MR) is 300 cm³/mol. The van der Waals surface area contributed by atoms with Crippen molar-refractivity contribution in [1.82, 2.24) is 24.9 Å². The summed E-state index contributed by atoms with van der Waals surface area (Å²) in [5, 5.41) is 2.03. The molecular weight excluding hydrogens is 967 g/mol. The molecule has 0 atom stereocenters. The Balaban J connectivity index is 0.640. The van der Waals surface area contributed by atoms with Crippen LogP contribution in [0.25, 0.3) is 66.8 Å². The Morgan fingerprint density at radius 2 is 0.662 bits per heavy atom. The Kier molecular flexibility index (Phi) is 16.8. The lowest BCUT2D eigenvalue weighted by Gasteiger charge is -2.11. The van der Waals surface area contributed by atoms with E-state index in [1.54, 1.807) is 24.5 Å². The first-order chi connectivity index (χ1) is 38.0. The lowest BCUT2D eigenvalue weighted by atomic mass is 10.1. The third-order valence-corrected chi connectivity index (χ3v) is 12.0. The van der Waals surface area contributed by atoms with Gasteiger partial charge in [-0.1, -0.05) is 55.6 Å². The second-order valence-electron chi connectivity index (χ2n) is 17.4. The van der Waals surface area contributed by atoms with Crippen molar-refractivity contribution in [3.63, 3.8) is 0 Å². The first-order valence-corrected chi connectivity index (χ1v) is 25.3. The summed E-state index contributed by atoms with van der Waals surface area (Å²) in [6, 6.07) is 56.7. The number of aromatic nitrogens is 5. The number of hydrogen-bond donors (Lipinski definition) is 0.